The zero-order chi connectivity index (χ0) is 5.82. The van der Waals surface area contributed by atoms with E-state index in [4.69, 9.17) is 4.74 Å². The molecule has 0 spiro atoms. The van der Waals surface area contributed by atoms with E-state index in [1.807, 2.05) is 0 Å². The molecule has 1 aliphatic rings. The Labute approximate surface area is 46.8 Å². The molecule has 4 nitrogen and oxygen atoms in total. The van der Waals surface area contributed by atoms with Gasteiger partial charge in [-0.05, 0) is 0 Å². The summed E-state index contributed by atoms with van der Waals surface area (Å²) < 4.78 is 9.30. The molecule has 1 heterocycles. The van der Waals surface area contributed by atoms with Crippen molar-refractivity contribution in [3.63, 3.8) is 0 Å². The lowest BCUT2D eigenvalue weighted by molar-refractivity contribution is -0.134. The van der Waals surface area contributed by atoms with E-state index >= 15 is 0 Å². The monoisotopic (exact) mass is 117 g/mol. The molecular formula is C4H7NO3. The molecule has 1 saturated heterocycles. The molecule has 0 radical (unpaired) electrons. The summed E-state index contributed by atoms with van der Waals surface area (Å²) in [7, 11) is 0. The summed E-state index contributed by atoms with van der Waals surface area (Å²) in [5, 5.41) is 2.78. The SMILES string of the molecule is O=COC1COCN1. The number of carbonyl (C=O) groups is 1. The van der Waals surface area contributed by atoms with E-state index in [2.05, 4.69) is 10.1 Å². The van der Waals surface area contributed by atoms with Gasteiger partial charge in [0.15, 0.2) is 6.23 Å². The van der Waals surface area contributed by atoms with Crippen LogP contribution in [0.25, 0.3) is 0 Å². The van der Waals surface area contributed by atoms with Crippen LogP contribution in [-0.2, 0) is 14.3 Å². The van der Waals surface area contributed by atoms with Crippen molar-refractivity contribution >= 4 is 6.47 Å². The van der Waals surface area contributed by atoms with E-state index in [1.54, 1.807) is 0 Å². The minimum absolute atomic E-state index is 0.229. The Hall–Kier alpha value is -0.610. The van der Waals surface area contributed by atoms with Crippen LogP contribution in [0.3, 0.4) is 0 Å². The minimum Gasteiger partial charge on any atom is -0.446 e. The van der Waals surface area contributed by atoms with Gasteiger partial charge in [-0.25, -0.2) is 0 Å². The molecule has 0 aromatic carbocycles. The van der Waals surface area contributed by atoms with E-state index in [1.165, 1.54) is 0 Å². The fourth-order valence-corrected chi connectivity index (χ4v) is 0.531. The third-order valence-electron chi connectivity index (χ3n) is 0.902. The first-order chi connectivity index (χ1) is 3.93. The van der Waals surface area contributed by atoms with Crippen molar-refractivity contribution in [2.45, 2.75) is 6.23 Å². The third-order valence-corrected chi connectivity index (χ3v) is 0.902. The van der Waals surface area contributed by atoms with E-state index in [0.29, 0.717) is 19.8 Å². The highest BCUT2D eigenvalue weighted by molar-refractivity contribution is 5.37. The molecule has 1 N–H and O–H groups in total. The largest absolute Gasteiger partial charge is 0.446 e. The zero-order valence-corrected chi connectivity index (χ0v) is 4.29. The third kappa shape index (κ3) is 1.18. The summed E-state index contributed by atoms with van der Waals surface area (Å²) in [6.07, 6.45) is -0.229. The highest BCUT2D eigenvalue weighted by atomic mass is 16.6. The highest BCUT2D eigenvalue weighted by Gasteiger charge is 2.13. The molecule has 0 aromatic rings. The molecule has 0 amide bonds. The number of ether oxygens (including phenoxy) is 2. The topological polar surface area (TPSA) is 47.6 Å². The summed E-state index contributed by atoms with van der Waals surface area (Å²) >= 11 is 0. The lowest BCUT2D eigenvalue weighted by Crippen LogP contribution is -2.26. The van der Waals surface area contributed by atoms with Crippen LogP contribution in [-0.4, -0.2) is 26.0 Å². The van der Waals surface area contributed by atoms with E-state index in [9.17, 15) is 4.79 Å². The van der Waals surface area contributed by atoms with Gasteiger partial charge in [0.1, 0.15) is 0 Å². The summed E-state index contributed by atoms with van der Waals surface area (Å²) in [5.41, 5.74) is 0. The maximum atomic E-state index is 9.64. The van der Waals surface area contributed by atoms with Gasteiger partial charge in [0.05, 0.1) is 13.3 Å². The first kappa shape index (κ1) is 5.53. The fourth-order valence-electron chi connectivity index (χ4n) is 0.531. The van der Waals surface area contributed by atoms with Crippen LogP contribution in [0.1, 0.15) is 0 Å². The van der Waals surface area contributed by atoms with Crippen molar-refractivity contribution in [3.05, 3.63) is 0 Å². The van der Waals surface area contributed by atoms with Crippen LogP contribution in [0.15, 0.2) is 0 Å². The molecule has 0 saturated carbocycles. The standard InChI is InChI=1S/C4H7NO3/c6-3-8-4-1-7-2-5-4/h3-5H,1-2H2. The molecule has 46 valence electrons. The second-order valence-corrected chi connectivity index (χ2v) is 1.44. The number of hydrogen-bond donors (Lipinski definition) is 1. The molecule has 1 atom stereocenters. The number of rotatable bonds is 2. The Kier molecular flexibility index (Phi) is 1.82. The Morgan fingerprint density at radius 2 is 2.75 bits per heavy atom. The highest BCUT2D eigenvalue weighted by Crippen LogP contribution is 1.92. The summed E-state index contributed by atoms with van der Waals surface area (Å²) in [6.45, 7) is 1.34. The van der Waals surface area contributed by atoms with Gasteiger partial charge < -0.3 is 9.47 Å². The second-order valence-electron chi connectivity index (χ2n) is 1.44. The van der Waals surface area contributed by atoms with Crippen molar-refractivity contribution in [1.82, 2.24) is 5.32 Å². The molecule has 1 aliphatic heterocycles. The van der Waals surface area contributed by atoms with Crippen LogP contribution in [0.5, 0.6) is 0 Å². The predicted molar refractivity (Wildman–Crippen MR) is 24.9 cm³/mol. The van der Waals surface area contributed by atoms with Gasteiger partial charge in [0, 0.05) is 0 Å². The van der Waals surface area contributed by atoms with Gasteiger partial charge in [-0.1, -0.05) is 0 Å². The molecular weight excluding hydrogens is 110 g/mol. The van der Waals surface area contributed by atoms with Crippen LogP contribution >= 0.6 is 0 Å². The van der Waals surface area contributed by atoms with E-state index in [0.717, 1.165) is 0 Å². The summed E-state index contributed by atoms with van der Waals surface area (Å²) in [5.74, 6) is 0. The lowest BCUT2D eigenvalue weighted by Gasteiger charge is -2.02. The van der Waals surface area contributed by atoms with Crippen molar-refractivity contribution in [3.8, 4) is 0 Å². The Morgan fingerprint density at radius 1 is 1.88 bits per heavy atom. The van der Waals surface area contributed by atoms with Crippen molar-refractivity contribution < 1.29 is 14.3 Å². The first-order valence-corrected chi connectivity index (χ1v) is 2.33. The zero-order valence-electron chi connectivity index (χ0n) is 4.29. The van der Waals surface area contributed by atoms with Crippen LogP contribution in [0.2, 0.25) is 0 Å². The van der Waals surface area contributed by atoms with Crippen LogP contribution in [0, 0.1) is 0 Å². The van der Waals surface area contributed by atoms with Gasteiger partial charge in [0.25, 0.3) is 6.47 Å². The molecule has 1 unspecified atom stereocenters. The predicted octanol–water partition coefficient (Wildman–Crippen LogP) is -0.937. The molecule has 1 rings (SSSR count). The minimum atomic E-state index is -0.229. The molecule has 4 heteroatoms. The normalized spacial score (nSPS) is 27.8. The molecule has 0 aromatic heterocycles. The molecule has 8 heavy (non-hydrogen) atoms. The number of carbonyl (C=O) groups excluding carboxylic acids is 1. The van der Waals surface area contributed by atoms with Crippen molar-refractivity contribution in [2.75, 3.05) is 13.3 Å². The molecule has 0 bridgehead atoms. The summed E-state index contributed by atoms with van der Waals surface area (Å²) in [4.78, 5) is 9.64. The van der Waals surface area contributed by atoms with Crippen molar-refractivity contribution in [2.24, 2.45) is 0 Å². The van der Waals surface area contributed by atoms with Gasteiger partial charge in [-0.3, -0.25) is 10.1 Å². The Balaban J connectivity index is 2.14. The smallest absolute Gasteiger partial charge is 0.294 e. The average Bonchev–Trinajstić information content (AvgIpc) is 2.19. The lowest BCUT2D eigenvalue weighted by atomic mass is 10.6. The molecule has 0 aliphatic carbocycles. The number of hydrogen-bond acceptors (Lipinski definition) is 4. The average molecular weight is 117 g/mol. The number of nitrogens with one attached hydrogen (secondary N) is 1. The van der Waals surface area contributed by atoms with Crippen LogP contribution < -0.4 is 5.32 Å². The fraction of sp³-hybridized carbons (Fsp3) is 0.750. The van der Waals surface area contributed by atoms with Gasteiger partial charge >= 0.3 is 0 Å². The maximum absolute atomic E-state index is 9.64. The quantitative estimate of drug-likeness (QED) is 0.474. The second kappa shape index (κ2) is 2.64. The van der Waals surface area contributed by atoms with Crippen LogP contribution in [0.4, 0.5) is 0 Å². The van der Waals surface area contributed by atoms with Crippen molar-refractivity contribution in [1.29, 1.82) is 0 Å². The van der Waals surface area contributed by atoms with Gasteiger partial charge in [-0.15, -0.1) is 0 Å². The maximum Gasteiger partial charge on any atom is 0.294 e. The van der Waals surface area contributed by atoms with Gasteiger partial charge in [0.2, 0.25) is 0 Å². The first-order valence-electron chi connectivity index (χ1n) is 2.33. The molecule has 1 fully saturated rings. The Morgan fingerprint density at radius 3 is 3.25 bits per heavy atom. The summed E-state index contributed by atoms with van der Waals surface area (Å²) in [6, 6.07) is 0. The van der Waals surface area contributed by atoms with Gasteiger partial charge in [-0.2, -0.15) is 0 Å². The van der Waals surface area contributed by atoms with E-state index < -0.39 is 0 Å². The van der Waals surface area contributed by atoms with E-state index in [-0.39, 0.29) is 6.23 Å². The Bertz CT molecular complexity index is 79.4.